The molecule has 0 unspecified atom stereocenters. The van der Waals surface area contributed by atoms with Gasteiger partial charge in [0.15, 0.2) is 0 Å². The monoisotopic (exact) mass is 608 g/mol. The second-order valence-electron chi connectivity index (χ2n) is 12.8. The van der Waals surface area contributed by atoms with E-state index in [2.05, 4.69) is 13.8 Å². The Bertz CT molecular complexity index is 1670. The van der Waals surface area contributed by atoms with Crippen LogP contribution in [0.25, 0.3) is 16.7 Å². The van der Waals surface area contributed by atoms with E-state index in [1.807, 2.05) is 0 Å². The number of alkyl halides is 3. The standard InChI is InChI=1S/C35H36F4N2O3/c1-19-12-24(15-26(13-19)35(37,38)39)31-21(3)41(33(43)44-31)18-25-17-34(4,5)11-10-28(25)22-7-9-30(36)29(16-22)27-8-6-23(32(40)42)14-20(27)2/h6-9,12-16,21,31H,10-11,17-18H2,1-5H3,(H2,40,42)/t21-,31-/m0/s1. The van der Waals surface area contributed by atoms with Gasteiger partial charge in [0.2, 0.25) is 5.91 Å². The third-order valence-electron chi connectivity index (χ3n) is 8.80. The van der Waals surface area contributed by atoms with Crippen LogP contribution in [0.1, 0.15) is 84.3 Å². The number of allylic oxidation sites excluding steroid dienone is 1. The number of ether oxygens (including phenoxy) is 1. The van der Waals surface area contributed by atoms with Crippen LogP contribution in [0.2, 0.25) is 0 Å². The van der Waals surface area contributed by atoms with Crippen molar-refractivity contribution in [3.63, 3.8) is 0 Å². The van der Waals surface area contributed by atoms with Crippen LogP contribution in [-0.2, 0) is 10.9 Å². The van der Waals surface area contributed by atoms with Crippen molar-refractivity contribution in [3.05, 3.63) is 99.4 Å². The van der Waals surface area contributed by atoms with Gasteiger partial charge in [0.05, 0.1) is 11.6 Å². The van der Waals surface area contributed by atoms with Gasteiger partial charge in [0.1, 0.15) is 11.9 Å². The highest BCUT2D eigenvalue weighted by Gasteiger charge is 2.42. The number of benzene rings is 3. The highest BCUT2D eigenvalue weighted by Crippen LogP contribution is 2.45. The zero-order valence-electron chi connectivity index (χ0n) is 25.4. The van der Waals surface area contributed by atoms with Crippen molar-refractivity contribution in [2.24, 2.45) is 11.1 Å². The van der Waals surface area contributed by atoms with E-state index in [0.29, 0.717) is 46.2 Å². The maximum absolute atomic E-state index is 15.2. The molecule has 1 saturated heterocycles. The molecule has 9 heteroatoms. The van der Waals surface area contributed by atoms with Crippen LogP contribution in [0, 0.1) is 25.1 Å². The molecule has 5 rings (SSSR count). The van der Waals surface area contributed by atoms with Crippen molar-refractivity contribution >= 4 is 17.6 Å². The van der Waals surface area contributed by atoms with Gasteiger partial charge in [-0.05, 0) is 115 Å². The molecular formula is C35H36F4N2O3. The number of primary amides is 1. The molecule has 0 aromatic heterocycles. The number of nitrogens with zero attached hydrogens (tertiary/aromatic N) is 1. The number of carbonyl (C=O) groups excluding carboxylic acids is 2. The number of carbonyl (C=O) groups is 2. The molecule has 3 aromatic rings. The molecule has 0 radical (unpaired) electrons. The van der Waals surface area contributed by atoms with E-state index in [9.17, 15) is 22.8 Å². The van der Waals surface area contributed by atoms with E-state index in [-0.39, 0.29) is 12.0 Å². The molecule has 2 atom stereocenters. The second kappa shape index (κ2) is 11.4. The summed E-state index contributed by atoms with van der Waals surface area (Å²) in [5, 5.41) is 0. The van der Waals surface area contributed by atoms with E-state index in [1.54, 1.807) is 62.1 Å². The first-order valence-electron chi connectivity index (χ1n) is 14.6. The summed E-state index contributed by atoms with van der Waals surface area (Å²) in [7, 11) is 0. The molecule has 2 amide bonds. The molecule has 0 saturated carbocycles. The first-order valence-corrected chi connectivity index (χ1v) is 14.6. The lowest BCUT2D eigenvalue weighted by Gasteiger charge is -2.35. The van der Waals surface area contributed by atoms with Gasteiger partial charge in [-0.15, -0.1) is 0 Å². The summed E-state index contributed by atoms with van der Waals surface area (Å²) in [6.07, 6.45) is -3.68. The average Bonchev–Trinajstić information content (AvgIpc) is 3.21. The van der Waals surface area contributed by atoms with Crippen LogP contribution in [0.5, 0.6) is 0 Å². The summed E-state index contributed by atoms with van der Waals surface area (Å²) in [4.78, 5) is 26.4. The number of halogens is 4. The summed E-state index contributed by atoms with van der Waals surface area (Å²) in [5.41, 5.74) is 10.3. The van der Waals surface area contributed by atoms with E-state index >= 15 is 4.39 Å². The maximum Gasteiger partial charge on any atom is 0.416 e. The lowest BCUT2D eigenvalue weighted by Crippen LogP contribution is -2.35. The van der Waals surface area contributed by atoms with Crippen molar-refractivity contribution in [2.45, 2.75) is 72.2 Å². The number of hydrogen-bond acceptors (Lipinski definition) is 3. The van der Waals surface area contributed by atoms with Gasteiger partial charge in [0.25, 0.3) is 0 Å². The molecule has 3 aromatic carbocycles. The number of aryl methyl sites for hydroxylation is 2. The predicted molar refractivity (Wildman–Crippen MR) is 161 cm³/mol. The van der Waals surface area contributed by atoms with Gasteiger partial charge in [0, 0.05) is 17.7 Å². The van der Waals surface area contributed by atoms with E-state index < -0.39 is 41.7 Å². The minimum Gasteiger partial charge on any atom is -0.439 e. The minimum absolute atomic E-state index is 0.0483. The molecule has 0 bridgehead atoms. The fourth-order valence-electron chi connectivity index (χ4n) is 6.46. The predicted octanol–water partition coefficient (Wildman–Crippen LogP) is 8.77. The normalized spacial score (nSPS) is 20.2. The third kappa shape index (κ3) is 6.23. The van der Waals surface area contributed by atoms with Gasteiger partial charge in [-0.3, -0.25) is 9.69 Å². The Morgan fingerprint density at radius 2 is 1.77 bits per heavy atom. The molecule has 1 aliphatic heterocycles. The van der Waals surface area contributed by atoms with Crippen molar-refractivity contribution in [3.8, 4) is 11.1 Å². The lowest BCUT2D eigenvalue weighted by molar-refractivity contribution is -0.137. The fraction of sp³-hybridized carbons (Fsp3) is 0.371. The summed E-state index contributed by atoms with van der Waals surface area (Å²) in [5.74, 6) is -0.966. The van der Waals surface area contributed by atoms with Crippen molar-refractivity contribution in [1.29, 1.82) is 0 Å². The molecule has 2 aliphatic rings. The van der Waals surface area contributed by atoms with Crippen LogP contribution in [0.4, 0.5) is 22.4 Å². The molecule has 5 nitrogen and oxygen atoms in total. The number of hydrogen-bond donors (Lipinski definition) is 1. The van der Waals surface area contributed by atoms with E-state index in [4.69, 9.17) is 10.5 Å². The van der Waals surface area contributed by atoms with Gasteiger partial charge < -0.3 is 10.5 Å². The van der Waals surface area contributed by atoms with Crippen molar-refractivity contribution in [1.82, 2.24) is 4.90 Å². The topological polar surface area (TPSA) is 72.6 Å². The Labute approximate surface area is 254 Å². The van der Waals surface area contributed by atoms with Crippen LogP contribution >= 0.6 is 0 Å². The van der Waals surface area contributed by atoms with Gasteiger partial charge in [-0.1, -0.05) is 37.6 Å². The Morgan fingerprint density at radius 3 is 2.43 bits per heavy atom. The Balaban J connectivity index is 1.51. The van der Waals surface area contributed by atoms with Crippen LogP contribution < -0.4 is 5.73 Å². The molecule has 44 heavy (non-hydrogen) atoms. The average molecular weight is 609 g/mol. The lowest BCUT2D eigenvalue weighted by atomic mass is 9.72. The first kappa shape index (κ1) is 31.3. The number of rotatable bonds is 6. The quantitative estimate of drug-likeness (QED) is 0.284. The summed E-state index contributed by atoms with van der Waals surface area (Å²) in [6, 6.07) is 13.1. The Hall–Kier alpha value is -4.14. The van der Waals surface area contributed by atoms with Crippen LogP contribution in [0.15, 0.2) is 60.2 Å². The molecule has 0 spiro atoms. The Kier molecular flexibility index (Phi) is 8.12. The molecule has 232 valence electrons. The summed E-state index contributed by atoms with van der Waals surface area (Å²) < 4.78 is 61.5. The second-order valence-corrected chi connectivity index (χ2v) is 12.8. The number of cyclic esters (lactones) is 1. The SMILES string of the molecule is Cc1cc([C@H]2OC(=O)N(CC3=C(c4ccc(F)c(-c5ccc(C(N)=O)cc5C)c4)CCC(C)(C)C3)[C@H]2C)cc(C(F)(F)F)c1. The van der Waals surface area contributed by atoms with E-state index in [0.717, 1.165) is 35.3 Å². The minimum atomic E-state index is -4.52. The zero-order chi connectivity index (χ0) is 32.1. The van der Waals surface area contributed by atoms with Gasteiger partial charge >= 0.3 is 12.3 Å². The molecule has 1 heterocycles. The van der Waals surface area contributed by atoms with Crippen molar-refractivity contribution < 1.29 is 31.9 Å². The van der Waals surface area contributed by atoms with Crippen LogP contribution in [0.3, 0.4) is 0 Å². The third-order valence-corrected chi connectivity index (χ3v) is 8.80. The Morgan fingerprint density at radius 1 is 1.05 bits per heavy atom. The zero-order valence-corrected chi connectivity index (χ0v) is 25.4. The maximum atomic E-state index is 15.2. The number of amides is 2. The smallest absolute Gasteiger partial charge is 0.416 e. The molecule has 2 N–H and O–H groups in total. The van der Waals surface area contributed by atoms with Crippen LogP contribution in [-0.4, -0.2) is 29.5 Å². The first-order chi connectivity index (χ1) is 20.5. The summed E-state index contributed by atoms with van der Waals surface area (Å²) >= 11 is 0. The highest BCUT2D eigenvalue weighted by atomic mass is 19.4. The molecule has 1 aliphatic carbocycles. The van der Waals surface area contributed by atoms with Gasteiger partial charge in [-0.2, -0.15) is 13.2 Å². The largest absolute Gasteiger partial charge is 0.439 e. The van der Waals surface area contributed by atoms with E-state index in [1.165, 1.54) is 6.07 Å². The molecular weight excluding hydrogens is 572 g/mol. The highest BCUT2D eigenvalue weighted by molar-refractivity contribution is 5.94. The van der Waals surface area contributed by atoms with Gasteiger partial charge in [-0.25, -0.2) is 9.18 Å². The summed E-state index contributed by atoms with van der Waals surface area (Å²) in [6.45, 7) is 9.72. The molecule has 1 fully saturated rings. The fourth-order valence-corrected chi connectivity index (χ4v) is 6.46. The van der Waals surface area contributed by atoms with Crippen molar-refractivity contribution in [2.75, 3.05) is 6.54 Å². The number of nitrogens with two attached hydrogens (primary N) is 1.